The molecule has 0 aromatic rings. The largest absolute Gasteiger partial charge is 0.447 e. The predicted octanol–water partition coefficient (Wildman–Crippen LogP) is 2.56. The van der Waals surface area contributed by atoms with Gasteiger partial charge in [0.05, 0.1) is 6.10 Å². The van der Waals surface area contributed by atoms with Crippen molar-refractivity contribution in [3.63, 3.8) is 0 Å². The van der Waals surface area contributed by atoms with Gasteiger partial charge in [0.1, 0.15) is 0 Å². The SMILES string of the molecule is CC1CCC(CNC(=O)OC(C)C)C1. The van der Waals surface area contributed by atoms with Crippen molar-refractivity contribution in [1.82, 2.24) is 5.32 Å². The Morgan fingerprint density at radius 3 is 2.71 bits per heavy atom. The van der Waals surface area contributed by atoms with Crippen LogP contribution in [-0.2, 0) is 4.74 Å². The Morgan fingerprint density at radius 1 is 1.50 bits per heavy atom. The van der Waals surface area contributed by atoms with Crippen LogP contribution in [0.4, 0.5) is 4.79 Å². The molecule has 0 heterocycles. The molecule has 1 aliphatic rings. The fourth-order valence-corrected chi connectivity index (χ4v) is 1.99. The number of hydrogen-bond donors (Lipinski definition) is 1. The molecule has 3 nitrogen and oxygen atoms in total. The lowest BCUT2D eigenvalue weighted by Crippen LogP contribution is -2.30. The Balaban J connectivity index is 2.11. The second kappa shape index (κ2) is 5.23. The van der Waals surface area contributed by atoms with E-state index in [1.54, 1.807) is 0 Å². The molecule has 1 N–H and O–H groups in total. The molecule has 2 atom stereocenters. The summed E-state index contributed by atoms with van der Waals surface area (Å²) in [7, 11) is 0. The minimum absolute atomic E-state index is 0.0301. The van der Waals surface area contributed by atoms with Gasteiger partial charge in [-0.2, -0.15) is 0 Å². The fourth-order valence-electron chi connectivity index (χ4n) is 1.99. The lowest BCUT2D eigenvalue weighted by molar-refractivity contribution is 0.114. The quantitative estimate of drug-likeness (QED) is 0.758. The Bertz CT molecular complexity index is 192. The molecule has 0 aromatic carbocycles. The van der Waals surface area contributed by atoms with Gasteiger partial charge < -0.3 is 10.1 Å². The molecule has 82 valence electrons. The molecule has 0 saturated heterocycles. The number of carbonyl (C=O) groups excluding carboxylic acids is 1. The van der Waals surface area contributed by atoms with E-state index in [-0.39, 0.29) is 12.2 Å². The van der Waals surface area contributed by atoms with Crippen LogP contribution < -0.4 is 5.32 Å². The summed E-state index contributed by atoms with van der Waals surface area (Å²) in [6, 6.07) is 0. The molecule has 1 saturated carbocycles. The van der Waals surface area contributed by atoms with Gasteiger partial charge in [-0.15, -0.1) is 0 Å². The van der Waals surface area contributed by atoms with Crippen LogP contribution in [0.25, 0.3) is 0 Å². The zero-order chi connectivity index (χ0) is 10.6. The number of rotatable bonds is 3. The molecule has 1 rings (SSSR count). The normalized spacial score (nSPS) is 26.6. The van der Waals surface area contributed by atoms with Crippen LogP contribution in [0.2, 0.25) is 0 Å². The molecule has 0 aliphatic heterocycles. The maximum Gasteiger partial charge on any atom is 0.407 e. The molecule has 2 unspecified atom stereocenters. The van der Waals surface area contributed by atoms with Crippen molar-refractivity contribution in [2.24, 2.45) is 11.8 Å². The van der Waals surface area contributed by atoms with Crippen LogP contribution in [0, 0.1) is 11.8 Å². The van der Waals surface area contributed by atoms with Gasteiger partial charge in [-0.05, 0) is 38.5 Å². The van der Waals surface area contributed by atoms with E-state index in [9.17, 15) is 4.79 Å². The van der Waals surface area contributed by atoms with E-state index in [1.807, 2.05) is 13.8 Å². The molecule has 0 aromatic heterocycles. The van der Waals surface area contributed by atoms with Gasteiger partial charge in [0.15, 0.2) is 0 Å². The van der Waals surface area contributed by atoms with Crippen molar-refractivity contribution in [1.29, 1.82) is 0 Å². The number of alkyl carbamates (subject to hydrolysis) is 1. The second-order valence-electron chi connectivity index (χ2n) is 4.62. The summed E-state index contributed by atoms with van der Waals surface area (Å²) in [5, 5.41) is 2.82. The zero-order valence-corrected chi connectivity index (χ0v) is 9.38. The van der Waals surface area contributed by atoms with Crippen LogP contribution in [-0.4, -0.2) is 18.7 Å². The van der Waals surface area contributed by atoms with Crippen molar-refractivity contribution < 1.29 is 9.53 Å². The highest BCUT2D eigenvalue weighted by atomic mass is 16.6. The number of carbonyl (C=O) groups is 1. The minimum Gasteiger partial charge on any atom is -0.447 e. The minimum atomic E-state index is -0.278. The van der Waals surface area contributed by atoms with Crippen LogP contribution in [0.3, 0.4) is 0 Å². The van der Waals surface area contributed by atoms with Crippen LogP contribution in [0.15, 0.2) is 0 Å². The summed E-state index contributed by atoms with van der Waals surface area (Å²) in [5.41, 5.74) is 0. The number of amides is 1. The van der Waals surface area contributed by atoms with Gasteiger partial charge in [-0.3, -0.25) is 0 Å². The van der Waals surface area contributed by atoms with Crippen molar-refractivity contribution in [3.8, 4) is 0 Å². The first-order valence-electron chi connectivity index (χ1n) is 5.52. The Kier molecular flexibility index (Phi) is 4.23. The van der Waals surface area contributed by atoms with E-state index >= 15 is 0 Å². The molecule has 3 heteroatoms. The molecule has 0 bridgehead atoms. The Labute approximate surface area is 86.2 Å². The van der Waals surface area contributed by atoms with Crippen molar-refractivity contribution in [2.45, 2.75) is 46.1 Å². The van der Waals surface area contributed by atoms with Crippen molar-refractivity contribution >= 4 is 6.09 Å². The molecular formula is C11H21NO2. The third-order valence-electron chi connectivity index (χ3n) is 2.68. The van der Waals surface area contributed by atoms with Crippen molar-refractivity contribution in [3.05, 3.63) is 0 Å². The van der Waals surface area contributed by atoms with Gasteiger partial charge in [0.2, 0.25) is 0 Å². The molecule has 1 amide bonds. The first-order chi connectivity index (χ1) is 6.58. The van der Waals surface area contributed by atoms with E-state index in [0.717, 1.165) is 12.5 Å². The monoisotopic (exact) mass is 199 g/mol. The smallest absolute Gasteiger partial charge is 0.407 e. The van der Waals surface area contributed by atoms with Crippen LogP contribution in [0.5, 0.6) is 0 Å². The van der Waals surface area contributed by atoms with E-state index in [0.29, 0.717) is 5.92 Å². The first kappa shape index (κ1) is 11.3. The van der Waals surface area contributed by atoms with Gasteiger partial charge in [0, 0.05) is 6.54 Å². The molecule has 14 heavy (non-hydrogen) atoms. The van der Waals surface area contributed by atoms with E-state index in [4.69, 9.17) is 4.74 Å². The van der Waals surface area contributed by atoms with E-state index < -0.39 is 0 Å². The number of hydrogen-bond acceptors (Lipinski definition) is 2. The highest BCUT2D eigenvalue weighted by Gasteiger charge is 2.21. The standard InChI is InChI=1S/C11H21NO2/c1-8(2)14-11(13)12-7-10-5-4-9(3)6-10/h8-10H,4-7H2,1-3H3,(H,12,13). The fraction of sp³-hybridized carbons (Fsp3) is 0.909. The van der Waals surface area contributed by atoms with Gasteiger partial charge in [-0.1, -0.05) is 13.3 Å². The highest BCUT2D eigenvalue weighted by molar-refractivity contribution is 5.67. The molecule has 1 aliphatic carbocycles. The molecular weight excluding hydrogens is 178 g/mol. The number of ether oxygens (including phenoxy) is 1. The number of nitrogens with one attached hydrogen (secondary N) is 1. The lowest BCUT2D eigenvalue weighted by atomic mass is 10.1. The summed E-state index contributed by atoms with van der Waals surface area (Å²) in [6.07, 6.45) is 3.47. The van der Waals surface area contributed by atoms with Gasteiger partial charge >= 0.3 is 6.09 Å². The van der Waals surface area contributed by atoms with E-state index in [2.05, 4.69) is 12.2 Å². The van der Waals surface area contributed by atoms with E-state index in [1.165, 1.54) is 19.3 Å². The maximum atomic E-state index is 11.2. The van der Waals surface area contributed by atoms with Crippen LogP contribution >= 0.6 is 0 Å². The lowest BCUT2D eigenvalue weighted by Gasteiger charge is -2.12. The third-order valence-corrected chi connectivity index (χ3v) is 2.68. The van der Waals surface area contributed by atoms with Crippen molar-refractivity contribution in [2.75, 3.05) is 6.54 Å². The maximum absolute atomic E-state index is 11.2. The third kappa shape index (κ3) is 3.99. The summed E-state index contributed by atoms with van der Waals surface area (Å²) in [6.45, 7) is 6.76. The predicted molar refractivity (Wildman–Crippen MR) is 56.1 cm³/mol. The van der Waals surface area contributed by atoms with Gasteiger partial charge in [0.25, 0.3) is 0 Å². The molecule has 0 radical (unpaired) electrons. The average molecular weight is 199 g/mol. The van der Waals surface area contributed by atoms with Crippen LogP contribution in [0.1, 0.15) is 40.0 Å². The first-order valence-corrected chi connectivity index (χ1v) is 5.52. The molecule has 0 spiro atoms. The summed E-state index contributed by atoms with van der Waals surface area (Å²) < 4.78 is 4.99. The second-order valence-corrected chi connectivity index (χ2v) is 4.62. The van der Waals surface area contributed by atoms with Gasteiger partial charge in [-0.25, -0.2) is 4.79 Å². The summed E-state index contributed by atoms with van der Waals surface area (Å²) in [4.78, 5) is 11.2. The zero-order valence-electron chi connectivity index (χ0n) is 9.38. The summed E-state index contributed by atoms with van der Waals surface area (Å²) >= 11 is 0. The topological polar surface area (TPSA) is 38.3 Å². The Morgan fingerprint density at radius 2 is 2.21 bits per heavy atom. The Hall–Kier alpha value is -0.730. The molecule has 1 fully saturated rings. The average Bonchev–Trinajstić information content (AvgIpc) is 2.47. The highest BCUT2D eigenvalue weighted by Crippen LogP contribution is 2.29. The summed E-state index contributed by atoms with van der Waals surface area (Å²) in [5.74, 6) is 1.48.